The molecule has 4 rings (SSSR count). The molecule has 4 aliphatic carbocycles. The van der Waals surface area contributed by atoms with Gasteiger partial charge in [0, 0.05) is 17.8 Å². The molecule has 4 aliphatic rings. The standard InChI is InChI=1S/C18H21FO3/c1-17-9-14(21)16-12(13(17)4-5-15(17)22)3-2-10-8-11(20)6-7-18(10,16)19/h6-8,12-14,16,21H,2-5,9H2,1H3/t12-,13-,14-,16+,17-,18?/m0/s1. The summed E-state index contributed by atoms with van der Waals surface area (Å²) in [5, 5.41) is 10.7. The van der Waals surface area contributed by atoms with Crippen LogP contribution < -0.4 is 0 Å². The normalized spacial score (nSPS) is 50.2. The van der Waals surface area contributed by atoms with Crippen LogP contribution in [-0.2, 0) is 9.59 Å². The minimum absolute atomic E-state index is 0.0141. The lowest BCUT2D eigenvalue weighted by molar-refractivity contribution is -0.145. The third kappa shape index (κ3) is 1.65. The van der Waals surface area contributed by atoms with E-state index in [4.69, 9.17) is 0 Å². The second-order valence-corrected chi connectivity index (χ2v) is 7.66. The maximum Gasteiger partial charge on any atom is 0.178 e. The molecule has 0 aromatic heterocycles. The smallest absolute Gasteiger partial charge is 0.178 e. The Balaban J connectivity index is 1.77. The van der Waals surface area contributed by atoms with Crippen LogP contribution in [0, 0.1) is 23.2 Å². The van der Waals surface area contributed by atoms with Crippen LogP contribution in [0.25, 0.3) is 0 Å². The monoisotopic (exact) mass is 304 g/mol. The maximum atomic E-state index is 15.7. The predicted octanol–water partition coefficient (Wildman–Crippen LogP) is 2.54. The molecule has 0 radical (unpaired) electrons. The second kappa shape index (κ2) is 4.38. The number of carbonyl (C=O) groups excluding carboxylic acids is 2. The number of ketones is 2. The van der Waals surface area contributed by atoms with Crippen molar-refractivity contribution in [1.82, 2.24) is 0 Å². The van der Waals surface area contributed by atoms with Crippen molar-refractivity contribution in [3.05, 3.63) is 23.8 Å². The van der Waals surface area contributed by atoms with Crippen molar-refractivity contribution >= 4 is 11.6 Å². The first-order chi connectivity index (χ1) is 10.4. The molecule has 0 saturated heterocycles. The number of allylic oxidation sites excluding steroid dienone is 4. The van der Waals surface area contributed by atoms with E-state index >= 15 is 4.39 Å². The number of Topliss-reactive ketones (excluding diaryl/α,β-unsaturated/α-hetero) is 1. The van der Waals surface area contributed by atoms with Gasteiger partial charge in [-0.25, -0.2) is 4.39 Å². The van der Waals surface area contributed by atoms with Gasteiger partial charge in [0.2, 0.25) is 0 Å². The van der Waals surface area contributed by atoms with Gasteiger partial charge in [0.15, 0.2) is 11.5 Å². The molecule has 6 atom stereocenters. The van der Waals surface area contributed by atoms with Gasteiger partial charge in [-0.05, 0) is 61.3 Å². The highest BCUT2D eigenvalue weighted by molar-refractivity contribution is 6.01. The van der Waals surface area contributed by atoms with Crippen molar-refractivity contribution in [2.75, 3.05) is 0 Å². The van der Waals surface area contributed by atoms with E-state index < -0.39 is 23.1 Å². The maximum absolute atomic E-state index is 15.7. The van der Waals surface area contributed by atoms with Gasteiger partial charge in [-0.3, -0.25) is 9.59 Å². The highest BCUT2D eigenvalue weighted by Crippen LogP contribution is 2.61. The van der Waals surface area contributed by atoms with E-state index in [0.29, 0.717) is 24.8 Å². The van der Waals surface area contributed by atoms with Gasteiger partial charge in [0.25, 0.3) is 0 Å². The number of aliphatic hydroxyl groups excluding tert-OH is 1. The van der Waals surface area contributed by atoms with Crippen molar-refractivity contribution in [2.45, 2.75) is 50.8 Å². The average Bonchev–Trinajstić information content (AvgIpc) is 2.75. The first kappa shape index (κ1) is 14.3. The van der Waals surface area contributed by atoms with E-state index in [0.717, 1.165) is 12.8 Å². The first-order valence-corrected chi connectivity index (χ1v) is 8.21. The lowest BCUT2D eigenvalue weighted by Gasteiger charge is -2.55. The van der Waals surface area contributed by atoms with Crippen LogP contribution in [0.3, 0.4) is 0 Å². The van der Waals surface area contributed by atoms with E-state index in [1.54, 1.807) is 0 Å². The third-order valence-corrected chi connectivity index (χ3v) is 6.69. The molecule has 1 N–H and O–H groups in total. The summed E-state index contributed by atoms with van der Waals surface area (Å²) in [6, 6.07) is 0. The summed E-state index contributed by atoms with van der Waals surface area (Å²) in [5.41, 5.74) is -1.71. The third-order valence-electron chi connectivity index (χ3n) is 6.69. The largest absolute Gasteiger partial charge is 0.393 e. The van der Waals surface area contributed by atoms with Crippen molar-refractivity contribution in [1.29, 1.82) is 0 Å². The van der Waals surface area contributed by atoms with E-state index in [9.17, 15) is 14.7 Å². The van der Waals surface area contributed by atoms with Crippen LogP contribution in [0.15, 0.2) is 23.8 Å². The lowest BCUT2D eigenvalue weighted by Crippen LogP contribution is -2.58. The Morgan fingerprint density at radius 3 is 2.82 bits per heavy atom. The summed E-state index contributed by atoms with van der Waals surface area (Å²) in [6.45, 7) is 1.95. The van der Waals surface area contributed by atoms with E-state index in [1.807, 2.05) is 6.92 Å². The molecule has 3 fully saturated rings. The van der Waals surface area contributed by atoms with Crippen LogP contribution in [0.2, 0.25) is 0 Å². The van der Waals surface area contributed by atoms with Gasteiger partial charge in [-0.2, -0.15) is 0 Å². The number of aliphatic hydroxyl groups is 1. The fourth-order valence-electron chi connectivity index (χ4n) is 5.67. The predicted molar refractivity (Wildman–Crippen MR) is 78.7 cm³/mol. The van der Waals surface area contributed by atoms with Crippen LogP contribution in [0.4, 0.5) is 4.39 Å². The van der Waals surface area contributed by atoms with Gasteiger partial charge in [0.05, 0.1) is 6.10 Å². The Bertz CT molecular complexity index is 622. The van der Waals surface area contributed by atoms with Crippen LogP contribution in [0.5, 0.6) is 0 Å². The molecule has 0 heterocycles. The quantitative estimate of drug-likeness (QED) is 0.748. The van der Waals surface area contributed by atoms with E-state index in [2.05, 4.69) is 0 Å². The molecule has 0 amide bonds. The molecule has 22 heavy (non-hydrogen) atoms. The molecule has 3 saturated carbocycles. The molecular formula is C18H21FO3. The molecule has 3 nitrogen and oxygen atoms in total. The number of carbonyl (C=O) groups is 2. The molecule has 0 spiro atoms. The van der Waals surface area contributed by atoms with Crippen molar-refractivity contribution in [2.24, 2.45) is 23.2 Å². The van der Waals surface area contributed by atoms with Crippen molar-refractivity contribution < 1.29 is 19.1 Å². The molecule has 0 aromatic carbocycles. The molecule has 118 valence electrons. The zero-order valence-corrected chi connectivity index (χ0v) is 12.7. The zero-order valence-electron chi connectivity index (χ0n) is 12.7. The SMILES string of the molecule is C[C@]12C[C@H](O)[C@H]3[C@@H](CCC4=CC(=O)C=CC43F)[C@@H]1CCC2=O. The minimum atomic E-state index is -1.72. The Morgan fingerprint density at radius 2 is 2.05 bits per heavy atom. The molecule has 0 aromatic rings. The summed E-state index contributed by atoms with van der Waals surface area (Å²) in [4.78, 5) is 23.8. The Hall–Kier alpha value is -1.29. The minimum Gasteiger partial charge on any atom is -0.393 e. The molecule has 0 bridgehead atoms. The Labute approximate surface area is 129 Å². The fraction of sp³-hybridized carbons (Fsp3) is 0.667. The van der Waals surface area contributed by atoms with Crippen LogP contribution >= 0.6 is 0 Å². The average molecular weight is 304 g/mol. The van der Waals surface area contributed by atoms with Crippen molar-refractivity contribution in [3.63, 3.8) is 0 Å². The summed E-state index contributed by atoms with van der Waals surface area (Å²) in [7, 11) is 0. The van der Waals surface area contributed by atoms with E-state index in [1.165, 1.54) is 18.2 Å². The number of hydrogen-bond donors (Lipinski definition) is 1. The van der Waals surface area contributed by atoms with E-state index in [-0.39, 0.29) is 23.4 Å². The number of alkyl halides is 1. The topological polar surface area (TPSA) is 54.4 Å². The van der Waals surface area contributed by atoms with Gasteiger partial charge in [0.1, 0.15) is 5.78 Å². The highest BCUT2D eigenvalue weighted by atomic mass is 19.1. The van der Waals surface area contributed by atoms with Crippen LogP contribution in [-0.4, -0.2) is 28.4 Å². The summed E-state index contributed by atoms with van der Waals surface area (Å²) >= 11 is 0. The number of rotatable bonds is 0. The summed E-state index contributed by atoms with van der Waals surface area (Å²) < 4.78 is 15.7. The van der Waals surface area contributed by atoms with Crippen molar-refractivity contribution in [3.8, 4) is 0 Å². The number of fused-ring (bicyclic) bond motifs is 5. The number of halogens is 1. The van der Waals surface area contributed by atoms with Crippen LogP contribution in [0.1, 0.15) is 39.0 Å². The second-order valence-electron chi connectivity index (χ2n) is 7.66. The lowest BCUT2D eigenvalue weighted by atomic mass is 9.51. The summed E-state index contributed by atoms with van der Waals surface area (Å²) in [5.74, 6) is -0.304. The Morgan fingerprint density at radius 1 is 1.27 bits per heavy atom. The molecule has 1 unspecified atom stereocenters. The van der Waals surface area contributed by atoms with Gasteiger partial charge >= 0.3 is 0 Å². The molecular weight excluding hydrogens is 283 g/mol. The van der Waals surface area contributed by atoms with Gasteiger partial charge in [-0.1, -0.05) is 6.92 Å². The first-order valence-electron chi connectivity index (χ1n) is 8.21. The molecule has 4 heteroatoms. The Kier molecular flexibility index (Phi) is 2.85. The summed E-state index contributed by atoms with van der Waals surface area (Å²) in [6.07, 6.45) is 6.20. The van der Waals surface area contributed by atoms with Gasteiger partial charge < -0.3 is 5.11 Å². The fourth-order valence-corrected chi connectivity index (χ4v) is 5.67. The number of hydrogen-bond acceptors (Lipinski definition) is 3. The molecule has 0 aliphatic heterocycles. The van der Waals surface area contributed by atoms with Gasteiger partial charge in [-0.15, -0.1) is 0 Å². The zero-order chi connectivity index (χ0) is 15.7. The highest BCUT2D eigenvalue weighted by Gasteiger charge is 2.63.